The Balaban J connectivity index is 0.891. The molecule has 14 aromatic rings. The molecular formula is C79H51N7. The molecule has 14 rings (SSSR count). The number of benzene rings is 12. The number of rotatable bonds is 13. The van der Waals surface area contributed by atoms with Crippen molar-refractivity contribution in [2.24, 2.45) is 0 Å². The molecule has 12 aromatic carbocycles. The van der Waals surface area contributed by atoms with Crippen molar-refractivity contribution in [1.82, 2.24) is 29.9 Å². The minimum Gasteiger partial charge on any atom is -0.208 e. The molecule has 0 fully saturated rings. The van der Waals surface area contributed by atoms with Crippen LogP contribution in [0.4, 0.5) is 0 Å². The molecule has 7 heteroatoms. The van der Waals surface area contributed by atoms with Crippen LogP contribution in [0.15, 0.2) is 309 Å². The van der Waals surface area contributed by atoms with Crippen LogP contribution in [0.1, 0.15) is 5.56 Å². The largest absolute Gasteiger partial charge is 0.208 e. The van der Waals surface area contributed by atoms with Gasteiger partial charge in [-0.3, -0.25) is 0 Å². The average Bonchev–Trinajstić information content (AvgIpc) is 2.16. The van der Waals surface area contributed by atoms with Gasteiger partial charge in [-0.2, -0.15) is 5.26 Å². The van der Waals surface area contributed by atoms with Crippen molar-refractivity contribution >= 4 is 0 Å². The number of nitriles is 1. The molecule has 0 saturated heterocycles. The van der Waals surface area contributed by atoms with E-state index in [4.69, 9.17) is 29.9 Å². The molecule has 0 amide bonds. The number of hydrogen-bond acceptors (Lipinski definition) is 7. The predicted molar refractivity (Wildman–Crippen MR) is 349 cm³/mol. The van der Waals surface area contributed by atoms with E-state index in [0.29, 0.717) is 40.5 Å². The summed E-state index contributed by atoms with van der Waals surface area (Å²) in [6.45, 7) is 0. The van der Waals surface area contributed by atoms with Gasteiger partial charge in [0.1, 0.15) is 0 Å². The van der Waals surface area contributed by atoms with E-state index in [9.17, 15) is 5.26 Å². The minimum atomic E-state index is 0.551. The number of hydrogen-bond donors (Lipinski definition) is 0. The third kappa shape index (κ3) is 10.5. The smallest absolute Gasteiger partial charge is 0.164 e. The van der Waals surface area contributed by atoms with Gasteiger partial charge >= 0.3 is 0 Å². The van der Waals surface area contributed by atoms with Crippen LogP contribution < -0.4 is 0 Å². The molecule has 86 heavy (non-hydrogen) atoms. The van der Waals surface area contributed by atoms with Gasteiger partial charge in [0.25, 0.3) is 0 Å². The van der Waals surface area contributed by atoms with Crippen molar-refractivity contribution in [1.29, 1.82) is 5.26 Å². The summed E-state index contributed by atoms with van der Waals surface area (Å²) < 4.78 is 0. The molecular weight excluding hydrogens is 1050 g/mol. The third-order valence-electron chi connectivity index (χ3n) is 15.6. The first kappa shape index (κ1) is 52.2. The lowest BCUT2D eigenvalue weighted by molar-refractivity contribution is 1.07. The normalized spacial score (nSPS) is 11.0. The zero-order valence-electron chi connectivity index (χ0n) is 46.6. The lowest BCUT2D eigenvalue weighted by atomic mass is 9.87. The Labute approximate surface area is 499 Å². The summed E-state index contributed by atoms with van der Waals surface area (Å²) in [6, 6.07) is 108. The van der Waals surface area contributed by atoms with Gasteiger partial charge in [0.2, 0.25) is 0 Å². The zero-order valence-corrected chi connectivity index (χ0v) is 46.6. The fourth-order valence-corrected chi connectivity index (χ4v) is 11.3. The summed E-state index contributed by atoms with van der Waals surface area (Å²) in [5.41, 5.74) is 20.4. The highest BCUT2D eigenvalue weighted by atomic mass is 15.0. The van der Waals surface area contributed by atoms with E-state index in [2.05, 4.69) is 243 Å². The standard InChI is InChI=1S/C79H51N7/c80-52-53-40-42-58(43-41-53)67-38-21-39-68(59-44-48-61(49-45-59)74-81-76(69-34-17-13-30-63(69)54-22-5-1-6-23-54)85-77(82-74)70-35-18-14-31-64(70)55-24-7-2-8-25-55)73(67)60-46-50-62(51-47-60)75-83-78(71-36-19-15-32-65(71)56-26-9-3-10-27-56)86-79(84-75)72-37-20-16-33-66(72)57-28-11-4-12-29-57/h1-51H. The summed E-state index contributed by atoms with van der Waals surface area (Å²) >= 11 is 0. The van der Waals surface area contributed by atoms with Crippen molar-refractivity contribution in [2.45, 2.75) is 0 Å². The number of aromatic nitrogens is 6. The topological polar surface area (TPSA) is 101 Å². The maximum absolute atomic E-state index is 9.83. The molecule has 0 bridgehead atoms. The van der Waals surface area contributed by atoms with Crippen LogP contribution in [0, 0.1) is 11.3 Å². The Kier molecular flexibility index (Phi) is 14.3. The van der Waals surface area contributed by atoms with E-state index in [-0.39, 0.29) is 0 Å². The molecule has 0 aliphatic heterocycles. The molecule has 0 atom stereocenters. The van der Waals surface area contributed by atoms with E-state index >= 15 is 0 Å². The Hall–Kier alpha value is -11.9. The number of nitrogens with zero attached hydrogens (tertiary/aromatic N) is 7. The Morgan fingerprint density at radius 1 is 0.174 bits per heavy atom. The molecule has 7 nitrogen and oxygen atoms in total. The lowest BCUT2D eigenvalue weighted by Crippen LogP contribution is -2.02. The summed E-state index contributed by atoms with van der Waals surface area (Å²) in [4.78, 5) is 31.7. The predicted octanol–water partition coefficient (Wildman–Crippen LogP) is 19.6. The van der Waals surface area contributed by atoms with E-state index in [1.807, 2.05) is 72.8 Å². The molecule has 402 valence electrons. The first-order valence-electron chi connectivity index (χ1n) is 28.6. The van der Waals surface area contributed by atoms with Crippen molar-refractivity contribution in [3.05, 3.63) is 315 Å². The molecule has 0 aliphatic rings. The summed E-state index contributed by atoms with van der Waals surface area (Å²) in [7, 11) is 0. The van der Waals surface area contributed by atoms with E-state index in [0.717, 1.165) is 111 Å². The van der Waals surface area contributed by atoms with Gasteiger partial charge in [0.15, 0.2) is 34.9 Å². The van der Waals surface area contributed by atoms with E-state index in [1.54, 1.807) is 0 Å². The van der Waals surface area contributed by atoms with Crippen LogP contribution in [-0.2, 0) is 0 Å². The maximum atomic E-state index is 9.83. The van der Waals surface area contributed by atoms with Crippen LogP contribution >= 0.6 is 0 Å². The molecule has 0 unspecified atom stereocenters. The van der Waals surface area contributed by atoms with Crippen LogP contribution in [0.25, 0.3) is 146 Å². The van der Waals surface area contributed by atoms with Crippen molar-refractivity contribution in [3.8, 4) is 152 Å². The Morgan fingerprint density at radius 2 is 0.395 bits per heavy atom. The van der Waals surface area contributed by atoms with Gasteiger partial charge in [0, 0.05) is 33.4 Å². The molecule has 0 radical (unpaired) electrons. The summed E-state index contributed by atoms with van der Waals surface area (Å²) in [5, 5.41) is 9.83. The first-order valence-corrected chi connectivity index (χ1v) is 28.6. The van der Waals surface area contributed by atoms with E-state index < -0.39 is 0 Å². The van der Waals surface area contributed by atoms with Crippen LogP contribution in [0.3, 0.4) is 0 Å². The molecule has 0 N–H and O–H groups in total. The minimum absolute atomic E-state index is 0.551. The third-order valence-corrected chi connectivity index (χ3v) is 15.6. The van der Waals surface area contributed by atoms with Gasteiger partial charge in [0.05, 0.1) is 11.6 Å². The Morgan fingerprint density at radius 3 is 0.698 bits per heavy atom. The lowest BCUT2D eigenvalue weighted by Gasteiger charge is -2.17. The van der Waals surface area contributed by atoms with Gasteiger partial charge in [-0.15, -0.1) is 0 Å². The maximum Gasteiger partial charge on any atom is 0.164 e. The SMILES string of the molecule is N#Cc1ccc(-c2cccc(-c3ccc(-c4nc(-c5ccccc5-c5ccccc5)nc(-c5ccccc5-c5ccccc5)n4)cc3)c2-c2ccc(-c3nc(-c4ccccc4-c4ccccc4)nc(-c4ccccc4-c4ccccc4)n3)cc2)cc1. The van der Waals surface area contributed by atoms with Crippen LogP contribution in [0.2, 0.25) is 0 Å². The van der Waals surface area contributed by atoms with Gasteiger partial charge < -0.3 is 0 Å². The fraction of sp³-hybridized carbons (Fsp3) is 0. The molecule has 2 aromatic heterocycles. The van der Waals surface area contributed by atoms with E-state index in [1.165, 1.54) is 0 Å². The highest BCUT2D eigenvalue weighted by Crippen LogP contribution is 2.43. The van der Waals surface area contributed by atoms with Crippen molar-refractivity contribution in [3.63, 3.8) is 0 Å². The van der Waals surface area contributed by atoms with Gasteiger partial charge in [-0.25, -0.2) is 29.9 Å². The second-order valence-electron chi connectivity index (χ2n) is 20.8. The second kappa shape index (κ2) is 23.6. The van der Waals surface area contributed by atoms with Gasteiger partial charge in [-0.1, -0.05) is 297 Å². The molecule has 0 saturated carbocycles. The van der Waals surface area contributed by atoms with Crippen LogP contribution in [0.5, 0.6) is 0 Å². The molecule has 0 spiro atoms. The first-order chi connectivity index (χ1) is 42.6. The van der Waals surface area contributed by atoms with Crippen molar-refractivity contribution in [2.75, 3.05) is 0 Å². The monoisotopic (exact) mass is 1100 g/mol. The highest BCUT2D eigenvalue weighted by molar-refractivity contribution is 5.96. The summed E-state index contributed by atoms with van der Waals surface area (Å²) in [5.74, 6) is 3.42. The van der Waals surface area contributed by atoms with Crippen LogP contribution in [-0.4, -0.2) is 29.9 Å². The van der Waals surface area contributed by atoms with Crippen molar-refractivity contribution < 1.29 is 0 Å². The average molecular weight is 1100 g/mol. The van der Waals surface area contributed by atoms with Gasteiger partial charge in [-0.05, 0) is 90.0 Å². The zero-order chi connectivity index (χ0) is 57.6. The summed E-state index contributed by atoms with van der Waals surface area (Å²) in [6.07, 6.45) is 0. The second-order valence-corrected chi connectivity index (χ2v) is 20.8. The quantitative estimate of drug-likeness (QED) is 0.113. The fourth-order valence-electron chi connectivity index (χ4n) is 11.3. The highest BCUT2D eigenvalue weighted by Gasteiger charge is 2.22. The molecule has 2 heterocycles. The Bertz CT molecular complexity index is 4570. The molecule has 0 aliphatic carbocycles.